The van der Waals surface area contributed by atoms with Crippen LogP contribution in [0.5, 0.6) is 0 Å². The normalized spacial score (nSPS) is 20.9. The van der Waals surface area contributed by atoms with Gasteiger partial charge in [0.1, 0.15) is 0 Å². The van der Waals surface area contributed by atoms with Crippen LogP contribution in [0.1, 0.15) is 44.9 Å². The quantitative estimate of drug-likeness (QED) is 0.605. The first-order chi connectivity index (χ1) is 8.62. The maximum atomic E-state index is 11.5. The van der Waals surface area contributed by atoms with Crippen molar-refractivity contribution < 1.29 is 14.7 Å². The molecule has 5 heteroatoms. The fourth-order valence-electron chi connectivity index (χ4n) is 2.82. The predicted octanol–water partition coefficient (Wildman–Crippen LogP) is 1.73. The first-order valence-corrected chi connectivity index (χ1v) is 6.86. The van der Waals surface area contributed by atoms with Gasteiger partial charge in [-0.3, -0.25) is 4.79 Å². The van der Waals surface area contributed by atoms with E-state index >= 15 is 0 Å². The average molecular weight is 254 g/mol. The molecular formula is C13H22N2O3. The number of urea groups is 1. The molecule has 0 aromatic carbocycles. The zero-order valence-electron chi connectivity index (χ0n) is 10.7. The molecule has 5 nitrogen and oxygen atoms in total. The molecule has 102 valence electrons. The Kier molecular flexibility index (Phi) is 4.09. The Bertz CT molecular complexity index is 322. The molecule has 2 aliphatic carbocycles. The molecule has 0 radical (unpaired) electrons. The predicted molar refractivity (Wildman–Crippen MR) is 67.3 cm³/mol. The van der Waals surface area contributed by atoms with E-state index < -0.39 is 5.97 Å². The molecule has 0 saturated heterocycles. The molecule has 2 fully saturated rings. The molecule has 0 atom stereocenters. The maximum absolute atomic E-state index is 11.5. The van der Waals surface area contributed by atoms with Crippen LogP contribution in [0.15, 0.2) is 0 Å². The zero-order chi connectivity index (χ0) is 13.0. The van der Waals surface area contributed by atoms with E-state index in [-0.39, 0.29) is 12.5 Å². The molecule has 2 saturated carbocycles. The van der Waals surface area contributed by atoms with Crippen LogP contribution in [0.2, 0.25) is 0 Å². The van der Waals surface area contributed by atoms with Crippen molar-refractivity contribution in [3.05, 3.63) is 0 Å². The lowest BCUT2D eigenvalue weighted by Crippen LogP contribution is -2.46. The van der Waals surface area contributed by atoms with Crippen LogP contribution in [-0.4, -0.2) is 30.2 Å². The van der Waals surface area contributed by atoms with Gasteiger partial charge in [-0.25, -0.2) is 4.79 Å². The van der Waals surface area contributed by atoms with Crippen molar-refractivity contribution in [2.45, 2.75) is 44.9 Å². The van der Waals surface area contributed by atoms with Gasteiger partial charge in [0, 0.05) is 19.5 Å². The standard InChI is InChI=1S/C13H22N2O3/c16-11(17)3-1-8-14-12(18)15-9-13(6-2-7-13)10-4-5-10/h10H,1-9H2,(H,16,17)(H2,14,15,18). The molecule has 0 heterocycles. The number of amides is 2. The minimum atomic E-state index is -0.820. The molecule has 0 bridgehead atoms. The lowest BCUT2D eigenvalue weighted by molar-refractivity contribution is -0.137. The number of hydrogen-bond acceptors (Lipinski definition) is 2. The van der Waals surface area contributed by atoms with Crippen LogP contribution in [0.4, 0.5) is 4.79 Å². The molecule has 0 unspecified atom stereocenters. The molecule has 2 aliphatic rings. The third kappa shape index (κ3) is 3.37. The van der Waals surface area contributed by atoms with Crippen LogP contribution >= 0.6 is 0 Å². The molecule has 0 aromatic rings. The monoisotopic (exact) mass is 254 g/mol. The lowest BCUT2D eigenvalue weighted by Gasteiger charge is -2.42. The van der Waals surface area contributed by atoms with Crippen molar-refractivity contribution in [1.29, 1.82) is 0 Å². The summed E-state index contributed by atoms with van der Waals surface area (Å²) in [5.41, 5.74) is 0.387. The fraction of sp³-hybridized carbons (Fsp3) is 0.846. The zero-order valence-corrected chi connectivity index (χ0v) is 10.7. The van der Waals surface area contributed by atoms with Gasteiger partial charge in [0.2, 0.25) is 0 Å². The number of carboxylic acid groups (broad SMARTS) is 1. The van der Waals surface area contributed by atoms with E-state index in [1.807, 2.05) is 0 Å². The third-order valence-electron chi connectivity index (χ3n) is 4.25. The summed E-state index contributed by atoms with van der Waals surface area (Å²) in [6, 6.07) is -0.160. The van der Waals surface area contributed by atoms with Crippen LogP contribution in [0.25, 0.3) is 0 Å². The summed E-state index contributed by atoms with van der Waals surface area (Å²) < 4.78 is 0. The summed E-state index contributed by atoms with van der Waals surface area (Å²) in [7, 11) is 0. The van der Waals surface area contributed by atoms with Gasteiger partial charge in [-0.1, -0.05) is 6.42 Å². The van der Waals surface area contributed by atoms with Gasteiger partial charge in [0.05, 0.1) is 0 Å². The lowest BCUT2D eigenvalue weighted by atomic mass is 9.65. The van der Waals surface area contributed by atoms with Gasteiger partial charge >= 0.3 is 12.0 Å². The molecule has 0 aromatic heterocycles. The van der Waals surface area contributed by atoms with Crippen LogP contribution in [0, 0.1) is 11.3 Å². The van der Waals surface area contributed by atoms with Crippen LogP contribution in [-0.2, 0) is 4.79 Å². The SMILES string of the molecule is O=C(O)CCCNC(=O)NCC1(C2CC2)CCC1. The van der Waals surface area contributed by atoms with Gasteiger partial charge in [-0.05, 0) is 43.4 Å². The third-order valence-corrected chi connectivity index (χ3v) is 4.25. The van der Waals surface area contributed by atoms with Gasteiger partial charge < -0.3 is 15.7 Å². The smallest absolute Gasteiger partial charge is 0.314 e. The Morgan fingerprint density at radius 3 is 2.44 bits per heavy atom. The van der Waals surface area contributed by atoms with Crippen LogP contribution < -0.4 is 10.6 Å². The summed E-state index contributed by atoms with van der Waals surface area (Å²) in [6.45, 7) is 1.21. The largest absolute Gasteiger partial charge is 0.481 e. The first-order valence-electron chi connectivity index (χ1n) is 6.86. The number of aliphatic carboxylic acids is 1. The molecule has 0 aliphatic heterocycles. The highest BCUT2D eigenvalue weighted by Gasteiger charge is 2.48. The highest BCUT2D eigenvalue weighted by atomic mass is 16.4. The van der Waals surface area contributed by atoms with Gasteiger partial charge in [-0.2, -0.15) is 0 Å². The van der Waals surface area contributed by atoms with Gasteiger partial charge in [0.25, 0.3) is 0 Å². The molecule has 18 heavy (non-hydrogen) atoms. The first kappa shape index (κ1) is 13.2. The van der Waals surface area contributed by atoms with E-state index in [2.05, 4.69) is 10.6 Å². The van der Waals surface area contributed by atoms with Gasteiger partial charge in [-0.15, -0.1) is 0 Å². The van der Waals surface area contributed by atoms with E-state index in [1.54, 1.807) is 0 Å². The summed E-state index contributed by atoms with van der Waals surface area (Å²) in [4.78, 5) is 21.8. The second-order valence-electron chi connectivity index (χ2n) is 5.60. The van der Waals surface area contributed by atoms with E-state index in [0.29, 0.717) is 18.4 Å². The molecular weight excluding hydrogens is 232 g/mol. The number of carboxylic acids is 1. The average Bonchev–Trinajstić information content (AvgIpc) is 3.07. The number of rotatable bonds is 7. The van der Waals surface area contributed by atoms with Crippen molar-refractivity contribution in [1.82, 2.24) is 10.6 Å². The molecule has 2 amide bonds. The maximum Gasteiger partial charge on any atom is 0.314 e. The number of carbonyl (C=O) groups excluding carboxylic acids is 1. The Hall–Kier alpha value is -1.26. The Labute approximate surface area is 107 Å². The van der Waals surface area contributed by atoms with E-state index in [9.17, 15) is 9.59 Å². The van der Waals surface area contributed by atoms with E-state index in [0.717, 1.165) is 12.5 Å². The van der Waals surface area contributed by atoms with Gasteiger partial charge in [0.15, 0.2) is 0 Å². The molecule has 0 spiro atoms. The Balaban J connectivity index is 1.58. The molecule has 2 rings (SSSR count). The number of nitrogens with one attached hydrogen (secondary N) is 2. The highest BCUT2D eigenvalue weighted by molar-refractivity contribution is 5.74. The number of carbonyl (C=O) groups is 2. The summed E-state index contributed by atoms with van der Waals surface area (Å²) in [6.07, 6.45) is 7.01. The van der Waals surface area contributed by atoms with Crippen molar-refractivity contribution in [3.63, 3.8) is 0 Å². The second-order valence-corrected chi connectivity index (χ2v) is 5.60. The summed E-state index contributed by atoms with van der Waals surface area (Å²) >= 11 is 0. The van der Waals surface area contributed by atoms with Crippen molar-refractivity contribution in [2.75, 3.05) is 13.1 Å². The Morgan fingerprint density at radius 1 is 1.22 bits per heavy atom. The molecule has 3 N–H and O–H groups in total. The van der Waals surface area contributed by atoms with Crippen molar-refractivity contribution in [2.24, 2.45) is 11.3 Å². The fourth-order valence-corrected chi connectivity index (χ4v) is 2.82. The number of hydrogen-bond donors (Lipinski definition) is 3. The van der Waals surface area contributed by atoms with Crippen molar-refractivity contribution >= 4 is 12.0 Å². The summed E-state index contributed by atoms with van der Waals surface area (Å²) in [5.74, 6) is 0.0120. The summed E-state index contributed by atoms with van der Waals surface area (Å²) in [5, 5.41) is 14.1. The second kappa shape index (κ2) is 5.59. The minimum absolute atomic E-state index is 0.103. The Morgan fingerprint density at radius 2 is 1.94 bits per heavy atom. The minimum Gasteiger partial charge on any atom is -0.481 e. The topological polar surface area (TPSA) is 78.4 Å². The van der Waals surface area contributed by atoms with E-state index in [1.165, 1.54) is 32.1 Å². The van der Waals surface area contributed by atoms with E-state index in [4.69, 9.17) is 5.11 Å². The van der Waals surface area contributed by atoms with Crippen molar-refractivity contribution in [3.8, 4) is 0 Å². The highest BCUT2D eigenvalue weighted by Crippen LogP contribution is 2.56. The van der Waals surface area contributed by atoms with Crippen LogP contribution in [0.3, 0.4) is 0 Å².